The molecule has 0 atom stereocenters. The quantitative estimate of drug-likeness (QED) is 0.728. The highest BCUT2D eigenvalue weighted by Crippen LogP contribution is 2.18. The molecular formula is C25H32N4O3S. The first-order valence-electron chi connectivity index (χ1n) is 11.9. The fraction of sp³-hybridized carbons (Fsp3) is 0.520. The molecule has 1 saturated carbocycles. The Labute approximate surface area is 199 Å². The molecule has 0 aromatic carbocycles. The van der Waals surface area contributed by atoms with Gasteiger partial charge in [-0.2, -0.15) is 11.8 Å². The number of thioether (sulfide) groups is 1. The lowest BCUT2D eigenvalue weighted by Gasteiger charge is -2.26. The molecule has 1 aliphatic carbocycles. The molecule has 8 heteroatoms. The summed E-state index contributed by atoms with van der Waals surface area (Å²) in [7, 11) is 0. The Hall–Kier alpha value is -2.61. The third-order valence-corrected chi connectivity index (χ3v) is 7.31. The van der Waals surface area contributed by atoms with Gasteiger partial charge in [0.1, 0.15) is 11.1 Å². The molecule has 2 aromatic heterocycles. The Bertz CT molecular complexity index is 1010. The van der Waals surface area contributed by atoms with E-state index >= 15 is 0 Å². The Balaban J connectivity index is 1.63. The van der Waals surface area contributed by atoms with Crippen molar-refractivity contribution in [2.24, 2.45) is 0 Å². The van der Waals surface area contributed by atoms with E-state index in [1.54, 1.807) is 39.8 Å². The maximum absolute atomic E-state index is 13.3. The lowest BCUT2D eigenvalue weighted by atomic mass is 9.96. The highest BCUT2D eigenvalue weighted by molar-refractivity contribution is 7.99. The van der Waals surface area contributed by atoms with E-state index < -0.39 is 5.43 Å². The molecule has 2 aliphatic rings. The van der Waals surface area contributed by atoms with Gasteiger partial charge in [0, 0.05) is 49.2 Å². The number of amides is 2. The molecule has 1 N–H and O–H groups in total. The molecule has 2 fully saturated rings. The summed E-state index contributed by atoms with van der Waals surface area (Å²) in [6.45, 7) is 1.60. The zero-order chi connectivity index (χ0) is 23.0. The topological polar surface area (TPSA) is 84.3 Å². The lowest BCUT2D eigenvalue weighted by Crippen LogP contribution is -2.42. The van der Waals surface area contributed by atoms with Gasteiger partial charge in [0.2, 0.25) is 5.43 Å². The van der Waals surface area contributed by atoms with Crippen LogP contribution in [0.4, 0.5) is 0 Å². The molecule has 33 heavy (non-hydrogen) atoms. The number of hydrogen-bond donors (Lipinski definition) is 1. The Kier molecular flexibility index (Phi) is 8.20. The van der Waals surface area contributed by atoms with Gasteiger partial charge in [-0.05, 0) is 25.0 Å². The van der Waals surface area contributed by atoms with Gasteiger partial charge >= 0.3 is 0 Å². The minimum absolute atomic E-state index is 0.0326. The summed E-state index contributed by atoms with van der Waals surface area (Å²) < 4.78 is 1.74. The number of rotatable bonds is 5. The van der Waals surface area contributed by atoms with Crippen molar-refractivity contribution in [3.05, 3.63) is 63.8 Å². The van der Waals surface area contributed by atoms with Crippen molar-refractivity contribution in [2.75, 3.05) is 24.6 Å². The zero-order valence-corrected chi connectivity index (χ0v) is 19.8. The molecule has 0 bridgehead atoms. The molecule has 1 saturated heterocycles. The second-order valence-electron chi connectivity index (χ2n) is 8.83. The van der Waals surface area contributed by atoms with Crippen LogP contribution in [0.2, 0.25) is 0 Å². The molecule has 0 spiro atoms. The summed E-state index contributed by atoms with van der Waals surface area (Å²) in [5, 5.41) is 3.08. The molecule has 2 aromatic rings. The largest absolute Gasteiger partial charge is 0.349 e. The average molecular weight is 469 g/mol. The van der Waals surface area contributed by atoms with Gasteiger partial charge in [0.15, 0.2) is 0 Å². The zero-order valence-electron chi connectivity index (χ0n) is 19.0. The number of nitrogens with zero attached hydrogens (tertiary/aromatic N) is 3. The predicted octanol–water partition coefficient (Wildman–Crippen LogP) is 3.32. The fourth-order valence-corrected chi connectivity index (χ4v) is 5.42. The van der Waals surface area contributed by atoms with Crippen molar-refractivity contribution in [3.8, 4) is 0 Å². The predicted molar refractivity (Wildman–Crippen MR) is 131 cm³/mol. The van der Waals surface area contributed by atoms with Crippen LogP contribution < -0.4 is 10.7 Å². The van der Waals surface area contributed by atoms with Crippen LogP contribution in [0.15, 0.2) is 41.6 Å². The van der Waals surface area contributed by atoms with E-state index in [-0.39, 0.29) is 29.0 Å². The van der Waals surface area contributed by atoms with E-state index in [9.17, 15) is 14.4 Å². The minimum atomic E-state index is -0.487. The monoisotopic (exact) mass is 468 g/mol. The summed E-state index contributed by atoms with van der Waals surface area (Å²) in [5.41, 5.74) is 0.396. The number of nitrogens with one attached hydrogen (secondary N) is 1. The van der Waals surface area contributed by atoms with Gasteiger partial charge in [-0.3, -0.25) is 19.4 Å². The number of carbonyl (C=O) groups excluding carboxylic acids is 2. The standard InChI is InChI=1S/C25H32N4O3S/c30-23-21(24(31)27-19-8-4-2-1-3-5-9-19)17-28(16-20-10-6-7-11-26-20)18-22(23)25(32)29-12-14-33-15-13-29/h6-7,10-11,17-19H,1-5,8-9,12-16H2,(H,27,31). The van der Waals surface area contributed by atoms with Crippen molar-refractivity contribution in [2.45, 2.75) is 57.5 Å². The second-order valence-corrected chi connectivity index (χ2v) is 10.1. The van der Waals surface area contributed by atoms with Crippen molar-refractivity contribution < 1.29 is 9.59 Å². The molecule has 3 heterocycles. The van der Waals surface area contributed by atoms with Crippen LogP contribution in [0.5, 0.6) is 0 Å². The number of hydrogen-bond acceptors (Lipinski definition) is 5. The molecule has 176 valence electrons. The Morgan fingerprint density at radius 1 is 1.00 bits per heavy atom. The van der Waals surface area contributed by atoms with Crippen LogP contribution in [0.1, 0.15) is 71.4 Å². The summed E-state index contributed by atoms with van der Waals surface area (Å²) in [5.74, 6) is 1.03. The Morgan fingerprint density at radius 3 is 2.39 bits per heavy atom. The van der Waals surface area contributed by atoms with Crippen molar-refractivity contribution in [1.82, 2.24) is 19.8 Å². The van der Waals surface area contributed by atoms with E-state index in [1.165, 1.54) is 19.3 Å². The van der Waals surface area contributed by atoms with E-state index in [1.807, 2.05) is 18.2 Å². The van der Waals surface area contributed by atoms with Gasteiger partial charge in [0.25, 0.3) is 11.8 Å². The first kappa shape index (κ1) is 23.5. The van der Waals surface area contributed by atoms with Gasteiger partial charge in [-0.1, -0.05) is 38.2 Å². The summed E-state index contributed by atoms with van der Waals surface area (Å²) >= 11 is 1.80. The van der Waals surface area contributed by atoms with Crippen LogP contribution in [-0.4, -0.2) is 56.9 Å². The maximum atomic E-state index is 13.3. The molecule has 7 nitrogen and oxygen atoms in total. The molecule has 0 unspecified atom stereocenters. The SMILES string of the molecule is O=C(NC1CCCCCCC1)c1cn(Cc2ccccn2)cc(C(=O)N2CCSCC2)c1=O. The molecule has 1 aliphatic heterocycles. The molecule has 2 amide bonds. The number of aromatic nitrogens is 2. The van der Waals surface area contributed by atoms with Crippen LogP contribution in [0, 0.1) is 0 Å². The maximum Gasteiger partial charge on any atom is 0.259 e. The normalized spacial score (nSPS) is 17.8. The van der Waals surface area contributed by atoms with Crippen LogP contribution >= 0.6 is 11.8 Å². The number of carbonyl (C=O) groups is 2. The van der Waals surface area contributed by atoms with Gasteiger partial charge < -0.3 is 14.8 Å². The lowest BCUT2D eigenvalue weighted by molar-refractivity contribution is 0.0770. The third kappa shape index (κ3) is 6.25. The first-order chi connectivity index (χ1) is 16.1. The summed E-state index contributed by atoms with van der Waals surface area (Å²) in [4.78, 5) is 45.8. The van der Waals surface area contributed by atoms with Gasteiger partial charge in [-0.15, -0.1) is 0 Å². The van der Waals surface area contributed by atoms with Crippen molar-refractivity contribution in [1.29, 1.82) is 0 Å². The fourth-order valence-electron chi connectivity index (χ4n) is 4.52. The molecular weight excluding hydrogens is 436 g/mol. The van der Waals surface area contributed by atoms with Crippen molar-refractivity contribution in [3.63, 3.8) is 0 Å². The van der Waals surface area contributed by atoms with E-state index in [0.29, 0.717) is 19.6 Å². The van der Waals surface area contributed by atoms with E-state index in [0.717, 1.165) is 42.9 Å². The smallest absolute Gasteiger partial charge is 0.259 e. The highest BCUT2D eigenvalue weighted by Gasteiger charge is 2.25. The minimum Gasteiger partial charge on any atom is -0.349 e. The van der Waals surface area contributed by atoms with Crippen LogP contribution in [0.25, 0.3) is 0 Å². The van der Waals surface area contributed by atoms with Crippen molar-refractivity contribution >= 4 is 23.6 Å². The third-order valence-electron chi connectivity index (χ3n) is 6.36. The van der Waals surface area contributed by atoms with E-state index in [2.05, 4.69) is 10.3 Å². The molecule has 0 radical (unpaired) electrons. The molecule has 4 rings (SSSR count). The van der Waals surface area contributed by atoms with Gasteiger partial charge in [-0.25, -0.2) is 0 Å². The first-order valence-corrected chi connectivity index (χ1v) is 13.1. The average Bonchev–Trinajstić information content (AvgIpc) is 2.82. The highest BCUT2D eigenvalue weighted by atomic mass is 32.2. The van der Waals surface area contributed by atoms with Crippen LogP contribution in [-0.2, 0) is 6.54 Å². The Morgan fingerprint density at radius 2 is 1.70 bits per heavy atom. The number of pyridine rings is 2. The summed E-state index contributed by atoms with van der Waals surface area (Å²) in [6, 6.07) is 5.69. The van der Waals surface area contributed by atoms with Crippen LogP contribution in [0.3, 0.4) is 0 Å². The van der Waals surface area contributed by atoms with E-state index in [4.69, 9.17) is 0 Å². The second kappa shape index (κ2) is 11.5. The summed E-state index contributed by atoms with van der Waals surface area (Å²) in [6.07, 6.45) is 12.5. The van der Waals surface area contributed by atoms with Gasteiger partial charge in [0.05, 0.1) is 12.2 Å².